The summed E-state index contributed by atoms with van der Waals surface area (Å²) in [4.78, 5) is 16.9. The monoisotopic (exact) mass is 367 g/mol. The molecule has 1 heterocycles. The number of ether oxygens (including phenoxy) is 1. The number of rotatable bonds is 5. The Labute approximate surface area is 161 Å². The Morgan fingerprint density at radius 2 is 1.74 bits per heavy atom. The number of aryl methyl sites for hydroxylation is 2. The van der Waals surface area contributed by atoms with Crippen molar-refractivity contribution in [2.24, 2.45) is 0 Å². The van der Waals surface area contributed by atoms with E-state index in [0.717, 1.165) is 43.9 Å². The fourth-order valence-electron chi connectivity index (χ4n) is 3.72. The van der Waals surface area contributed by atoms with E-state index in [9.17, 15) is 4.79 Å². The molecule has 1 aliphatic rings. The number of para-hydroxylation sites is 2. The number of benzene rings is 2. The summed E-state index contributed by atoms with van der Waals surface area (Å²) in [5, 5.41) is 3.02. The first-order valence-electron chi connectivity index (χ1n) is 9.62. The number of nitrogens with zero attached hydrogens (tertiary/aromatic N) is 2. The fraction of sp³-hybridized carbons (Fsp3) is 0.409. The minimum Gasteiger partial charge on any atom is -0.496 e. The Kier molecular flexibility index (Phi) is 6.22. The molecule has 0 saturated carbocycles. The van der Waals surface area contributed by atoms with Crippen LogP contribution >= 0.6 is 0 Å². The van der Waals surface area contributed by atoms with Crippen LogP contribution in [0.15, 0.2) is 42.5 Å². The summed E-state index contributed by atoms with van der Waals surface area (Å²) in [6.07, 6.45) is 1.02. The maximum atomic E-state index is 12.6. The number of hydrogen-bond donors (Lipinski definition) is 1. The third kappa shape index (κ3) is 4.35. The Morgan fingerprint density at radius 1 is 1.04 bits per heavy atom. The molecule has 27 heavy (non-hydrogen) atoms. The van der Waals surface area contributed by atoms with Gasteiger partial charge in [-0.05, 0) is 30.5 Å². The number of carbonyl (C=O) groups is 1. The van der Waals surface area contributed by atoms with Gasteiger partial charge in [0, 0.05) is 44.0 Å². The van der Waals surface area contributed by atoms with Crippen LogP contribution in [-0.2, 0) is 13.0 Å². The first-order valence-corrected chi connectivity index (χ1v) is 9.62. The molecule has 2 aromatic rings. The Morgan fingerprint density at radius 3 is 2.44 bits per heavy atom. The number of carbonyl (C=O) groups excluding carboxylic acids is 1. The third-order valence-electron chi connectivity index (χ3n) is 5.21. The number of urea groups is 1. The van der Waals surface area contributed by atoms with Gasteiger partial charge in [0.15, 0.2) is 0 Å². The smallest absolute Gasteiger partial charge is 0.317 e. The van der Waals surface area contributed by atoms with Crippen LogP contribution in [0.25, 0.3) is 0 Å². The van der Waals surface area contributed by atoms with Crippen LogP contribution in [0.1, 0.15) is 23.6 Å². The molecule has 144 valence electrons. The van der Waals surface area contributed by atoms with Crippen molar-refractivity contribution < 1.29 is 9.53 Å². The van der Waals surface area contributed by atoms with Crippen molar-refractivity contribution in [1.29, 1.82) is 0 Å². The van der Waals surface area contributed by atoms with E-state index in [4.69, 9.17) is 4.74 Å². The van der Waals surface area contributed by atoms with Crippen LogP contribution in [-0.4, -0.2) is 44.2 Å². The Bertz CT molecular complexity index is 783. The fourth-order valence-corrected chi connectivity index (χ4v) is 3.72. The third-order valence-corrected chi connectivity index (χ3v) is 5.21. The van der Waals surface area contributed by atoms with Gasteiger partial charge in [-0.25, -0.2) is 4.79 Å². The van der Waals surface area contributed by atoms with E-state index in [1.165, 1.54) is 16.8 Å². The number of hydrogen-bond acceptors (Lipinski definition) is 3. The quantitative estimate of drug-likeness (QED) is 0.878. The zero-order valence-corrected chi connectivity index (χ0v) is 16.5. The minimum absolute atomic E-state index is 0.0129. The molecule has 1 fully saturated rings. The molecule has 5 nitrogen and oxygen atoms in total. The standard InChI is InChI=1S/C22H29N3O2/c1-4-18-10-7-8-17(2)21(18)24-12-14-25(15-13-24)22(26)23-16-19-9-5-6-11-20(19)27-3/h5-11H,4,12-16H2,1-3H3,(H,23,26). The maximum Gasteiger partial charge on any atom is 0.317 e. The van der Waals surface area contributed by atoms with Crippen molar-refractivity contribution in [2.45, 2.75) is 26.8 Å². The molecule has 0 atom stereocenters. The molecule has 0 unspecified atom stereocenters. The minimum atomic E-state index is -0.0129. The van der Waals surface area contributed by atoms with E-state index < -0.39 is 0 Å². The van der Waals surface area contributed by atoms with Crippen LogP contribution in [0.2, 0.25) is 0 Å². The van der Waals surface area contributed by atoms with Gasteiger partial charge in [-0.2, -0.15) is 0 Å². The number of piperazine rings is 1. The molecule has 0 aromatic heterocycles. The molecular weight excluding hydrogens is 338 g/mol. The zero-order valence-electron chi connectivity index (χ0n) is 16.5. The van der Waals surface area contributed by atoms with Gasteiger partial charge in [-0.1, -0.05) is 43.3 Å². The highest BCUT2D eigenvalue weighted by Gasteiger charge is 2.23. The van der Waals surface area contributed by atoms with Crippen molar-refractivity contribution in [2.75, 3.05) is 38.2 Å². The molecular formula is C22H29N3O2. The van der Waals surface area contributed by atoms with Crippen LogP contribution in [0.5, 0.6) is 5.75 Å². The van der Waals surface area contributed by atoms with Gasteiger partial charge in [-0.15, -0.1) is 0 Å². The SMILES string of the molecule is CCc1cccc(C)c1N1CCN(C(=O)NCc2ccccc2OC)CC1. The van der Waals surface area contributed by atoms with E-state index >= 15 is 0 Å². The van der Waals surface area contributed by atoms with Crippen molar-refractivity contribution in [3.8, 4) is 5.75 Å². The maximum absolute atomic E-state index is 12.6. The summed E-state index contributed by atoms with van der Waals surface area (Å²) in [6, 6.07) is 14.3. The van der Waals surface area contributed by atoms with Crippen LogP contribution in [0.3, 0.4) is 0 Å². The van der Waals surface area contributed by atoms with Crippen molar-refractivity contribution in [3.05, 3.63) is 59.2 Å². The average molecular weight is 367 g/mol. The van der Waals surface area contributed by atoms with E-state index in [0.29, 0.717) is 6.54 Å². The lowest BCUT2D eigenvalue weighted by molar-refractivity contribution is 0.194. The van der Waals surface area contributed by atoms with Crippen molar-refractivity contribution >= 4 is 11.7 Å². The predicted octanol–water partition coefficient (Wildman–Crippen LogP) is 3.60. The largest absolute Gasteiger partial charge is 0.496 e. The predicted molar refractivity (Wildman–Crippen MR) is 110 cm³/mol. The lowest BCUT2D eigenvalue weighted by atomic mass is 10.0. The molecule has 3 rings (SSSR count). The normalized spacial score (nSPS) is 14.2. The molecule has 2 amide bonds. The number of anilines is 1. The molecule has 0 aliphatic carbocycles. The van der Waals surface area contributed by atoms with E-state index in [2.05, 4.69) is 42.3 Å². The summed E-state index contributed by atoms with van der Waals surface area (Å²) >= 11 is 0. The highest BCUT2D eigenvalue weighted by molar-refractivity contribution is 5.75. The topological polar surface area (TPSA) is 44.8 Å². The summed E-state index contributed by atoms with van der Waals surface area (Å²) in [5.74, 6) is 0.800. The van der Waals surface area contributed by atoms with Crippen LogP contribution in [0, 0.1) is 6.92 Å². The van der Waals surface area contributed by atoms with Gasteiger partial charge in [-0.3, -0.25) is 0 Å². The highest BCUT2D eigenvalue weighted by Crippen LogP contribution is 2.26. The van der Waals surface area contributed by atoms with Gasteiger partial charge >= 0.3 is 6.03 Å². The molecule has 1 aliphatic heterocycles. The van der Waals surface area contributed by atoms with E-state index in [1.807, 2.05) is 29.2 Å². The Hall–Kier alpha value is -2.69. The van der Waals surface area contributed by atoms with Crippen LogP contribution in [0.4, 0.5) is 10.5 Å². The first-order chi connectivity index (χ1) is 13.1. The van der Waals surface area contributed by atoms with Crippen molar-refractivity contribution in [1.82, 2.24) is 10.2 Å². The van der Waals surface area contributed by atoms with Gasteiger partial charge in [0.25, 0.3) is 0 Å². The zero-order chi connectivity index (χ0) is 19.2. The average Bonchev–Trinajstić information content (AvgIpc) is 2.72. The van der Waals surface area contributed by atoms with Gasteiger partial charge in [0.2, 0.25) is 0 Å². The van der Waals surface area contributed by atoms with E-state index in [1.54, 1.807) is 7.11 Å². The number of methoxy groups -OCH3 is 1. The lowest BCUT2D eigenvalue weighted by Gasteiger charge is -2.37. The molecule has 2 aromatic carbocycles. The number of nitrogens with one attached hydrogen (secondary N) is 1. The van der Waals surface area contributed by atoms with Gasteiger partial charge in [0.05, 0.1) is 7.11 Å². The molecule has 5 heteroatoms. The van der Waals surface area contributed by atoms with Crippen molar-refractivity contribution in [3.63, 3.8) is 0 Å². The lowest BCUT2D eigenvalue weighted by Crippen LogP contribution is -2.52. The van der Waals surface area contributed by atoms with Gasteiger partial charge in [0.1, 0.15) is 5.75 Å². The Balaban J connectivity index is 1.57. The molecule has 0 radical (unpaired) electrons. The highest BCUT2D eigenvalue weighted by atomic mass is 16.5. The molecule has 0 bridgehead atoms. The molecule has 1 saturated heterocycles. The second-order valence-electron chi connectivity index (χ2n) is 6.88. The van der Waals surface area contributed by atoms with Crippen LogP contribution < -0.4 is 15.0 Å². The molecule has 0 spiro atoms. The molecule has 1 N–H and O–H groups in total. The second kappa shape index (κ2) is 8.80. The van der Waals surface area contributed by atoms with Gasteiger partial charge < -0.3 is 19.9 Å². The summed E-state index contributed by atoms with van der Waals surface area (Å²) in [5.41, 5.74) is 5.01. The second-order valence-corrected chi connectivity index (χ2v) is 6.88. The van der Waals surface area contributed by atoms with E-state index in [-0.39, 0.29) is 6.03 Å². The summed E-state index contributed by atoms with van der Waals surface area (Å²) in [6.45, 7) is 8.02. The number of amides is 2. The summed E-state index contributed by atoms with van der Waals surface area (Å²) in [7, 11) is 1.65. The first kappa shape index (κ1) is 19.1. The summed E-state index contributed by atoms with van der Waals surface area (Å²) < 4.78 is 5.35.